The van der Waals surface area contributed by atoms with Crippen molar-refractivity contribution in [1.82, 2.24) is 29.3 Å². The third-order valence-electron chi connectivity index (χ3n) is 4.54. The van der Waals surface area contributed by atoms with Crippen LogP contribution in [0.2, 0.25) is 0 Å². The number of aryl methyl sites for hydroxylation is 2. The lowest BCUT2D eigenvalue weighted by atomic mass is 10.2. The number of benzene rings is 2. The van der Waals surface area contributed by atoms with Crippen LogP contribution in [0.3, 0.4) is 0 Å². The van der Waals surface area contributed by atoms with Gasteiger partial charge in [0.15, 0.2) is 5.82 Å². The smallest absolute Gasteiger partial charge is 0.324 e. The quantitative estimate of drug-likeness (QED) is 0.571. The first kappa shape index (κ1) is 17.7. The molecule has 0 saturated carbocycles. The summed E-state index contributed by atoms with van der Waals surface area (Å²) in [6, 6.07) is 14.7. The van der Waals surface area contributed by atoms with E-state index in [1.165, 1.54) is 4.57 Å². The first-order valence-electron chi connectivity index (χ1n) is 8.92. The Morgan fingerprint density at radius 1 is 1.07 bits per heavy atom. The summed E-state index contributed by atoms with van der Waals surface area (Å²) in [5, 5.41) is 14.3. The highest BCUT2D eigenvalue weighted by molar-refractivity contribution is 5.92. The number of tetrazole rings is 1. The summed E-state index contributed by atoms with van der Waals surface area (Å²) >= 11 is 0. The number of imidazole rings is 1. The number of nitrogens with one attached hydrogen (secondary N) is 1. The largest absolute Gasteiger partial charge is 0.329 e. The molecule has 0 saturated heterocycles. The number of hydrogen-bond acceptors (Lipinski definition) is 5. The molecule has 4 rings (SSSR count). The van der Waals surface area contributed by atoms with Gasteiger partial charge in [0.25, 0.3) is 0 Å². The maximum atomic E-state index is 12.7. The number of carbonyl (C=O) groups is 1. The molecule has 28 heavy (non-hydrogen) atoms. The monoisotopic (exact) mass is 377 g/mol. The molecule has 2 aromatic heterocycles. The number of aromatic nitrogens is 6. The van der Waals surface area contributed by atoms with Crippen LogP contribution in [0.4, 0.5) is 5.69 Å². The average molecular weight is 377 g/mol. The number of carbonyl (C=O) groups excluding carboxylic acids is 1. The zero-order valence-electron chi connectivity index (χ0n) is 15.5. The third-order valence-corrected chi connectivity index (χ3v) is 4.54. The predicted molar refractivity (Wildman–Crippen MR) is 104 cm³/mol. The first-order chi connectivity index (χ1) is 13.6. The molecular formula is C19H19N7O2. The summed E-state index contributed by atoms with van der Waals surface area (Å²) in [5.74, 6) is 0.356. The van der Waals surface area contributed by atoms with Gasteiger partial charge in [-0.3, -0.25) is 13.9 Å². The Kier molecular flexibility index (Phi) is 4.48. The molecule has 0 radical (unpaired) electrons. The molecular weight excluding hydrogens is 358 g/mol. The number of hydrogen-bond donors (Lipinski definition) is 1. The molecule has 0 aliphatic carbocycles. The summed E-state index contributed by atoms with van der Waals surface area (Å²) in [7, 11) is 0. The van der Waals surface area contributed by atoms with Crippen LogP contribution in [0.1, 0.15) is 12.7 Å². The first-order valence-corrected chi connectivity index (χ1v) is 8.92. The van der Waals surface area contributed by atoms with Gasteiger partial charge in [-0.15, -0.1) is 5.10 Å². The van der Waals surface area contributed by atoms with E-state index in [-0.39, 0.29) is 18.1 Å². The predicted octanol–water partition coefficient (Wildman–Crippen LogP) is 1.75. The van der Waals surface area contributed by atoms with Gasteiger partial charge in [0, 0.05) is 12.2 Å². The molecule has 9 heteroatoms. The number of anilines is 1. The van der Waals surface area contributed by atoms with E-state index in [1.54, 1.807) is 34.4 Å². The Labute approximate surface area is 160 Å². The van der Waals surface area contributed by atoms with E-state index < -0.39 is 0 Å². The molecule has 1 N–H and O–H groups in total. The fourth-order valence-electron chi connectivity index (χ4n) is 3.26. The number of nitrogens with zero attached hydrogens (tertiary/aromatic N) is 6. The lowest BCUT2D eigenvalue weighted by molar-refractivity contribution is -0.116. The van der Waals surface area contributed by atoms with Crippen molar-refractivity contribution in [3.8, 4) is 5.69 Å². The van der Waals surface area contributed by atoms with Crippen LogP contribution in [-0.4, -0.2) is 35.2 Å². The summed E-state index contributed by atoms with van der Waals surface area (Å²) in [4.78, 5) is 25.3. The standard InChI is InChI=1S/C19H19N7O2/c1-3-24-16-9-4-5-10-17(16)25(19(24)28)12-18(27)20-14-7-6-8-15(11-14)26-13(2)21-22-23-26/h4-11H,3,12H2,1-2H3,(H,20,27). The molecule has 1 amide bonds. The van der Waals surface area contributed by atoms with Crippen molar-refractivity contribution < 1.29 is 4.79 Å². The van der Waals surface area contributed by atoms with Gasteiger partial charge < -0.3 is 5.32 Å². The minimum Gasteiger partial charge on any atom is -0.324 e. The fourth-order valence-corrected chi connectivity index (χ4v) is 3.26. The molecule has 0 spiro atoms. The van der Waals surface area contributed by atoms with Crippen LogP contribution < -0.4 is 11.0 Å². The minimum absolute atomic E-state index is 0.0690. The van der Waals surface area contributed by atoms with Gasteiger partial charge in [0.05, 0.1) is 16.7 Å². The van der Waals surface area contributed by atoms with E-state index in [9.17, 15) is 9.59 Å². The molecule has 0 atom stereocenters. The van der Waals surface area contributed by atoms with Crippen LogP contribution in [0.15, 0.2) is 53.3 Å². The SMILES string of the molecule is CCn1c(=O)n(CC(=O)Nc2cccc(-n3nnnc3C)c2)c2ccccc21. The second kappa shape index (κ2) is 7.10. The van der Waals surface area contributed by atoms with Crippen LogP contribution in [0.5, 0.6) is 0 Å². The van der Waals surface area contributed by atoms with Crippen LogP contribution in [-0.2, 0) is 17.9 Å². The number of amides is 1. The van der Waals surface area contributed by atoms with E-state index in [4.69, 9.17) is 0 Å². The summed E-state index contributed by atoms with van der Waals surface area (Å²) in [5.41, 5.74) is 2.70. The number of fused-ring (bicyclic) bond motifs is 1. The zero-order valence-corrected chi connectivity index (χ0v) is 15.5. The molecule has 0 aliphatic heterocycles. The Hall–Kier alpha value is -3.75. The van der Waals surface area contributed by atoms with Crippen LogP contribution in [0.25, 0.3) is 16.7 Å². The van der Waals surface area contributed by atoms with E-state index in [2.05, 4.69) is 20.8 Å². The molecule has 0 bridgehead atoms. The highest BCUT2D eigenvalue weighted by Gasteiger charge is 2.14. The summed E-state index contributed by atoms with van der Waals surface area (Å²) < 4.78 is 4.72. The van der Waals surface area contributed by atoms with E-state index >= 15 is 0 Å². The topological polar surface area (TPSA) is 99.6 Å². The second-order valence-electron chi connectivity index (χ2n) is 6.34. The van der Waals surface area contributed by atoms with Crippen molar-refractivity contribution >= 4 is 22.6 Å². The Balaban J connectivity index is 1.60. The summed E-state index contributed by atoms with van der Waals surface area (Å²) in [6.07, 6.45) is 0. The normalized spacial score (nSPS) is 11.1. The van der Waals surface area contributed by atoms with Gasteiger partial charge in [0.2, 0.25) is 5.91 Å². The molecule has 142 valence electrons. The highest BCUT2D eigenvalue weighted by atomic mass is 16.2. The minimum atomic E-state index is -0.285. The highest BCUT2D eigenvalue weighted by Crippen LogP contribution is 2.16. The zero-order chi connectivity index (χ0) is 19.7. The van der Waals surface area contributed by atoms with Crippen LogP contribution >= 0.6 is 0 Å². The van der Waals surface area contributed by atoms with Crippen molar-refractivity contribution in [2.24, 2.45) is 0 Å². The molecule has 0 unspecified atom stereocenters. The average Bonchev–Trinajstić information content (AvgIpc) is 3.23. The maximum absolute atomic E-state index is 12.7. The van der Waals surface area contributed by atoms with Gasteiger partial charge in [-0.1, -0.05) is 18.2 Å². The molecule has 4 aromatic rings. The van der Waals surface area contributed by atoms with Crippen molar-refractivity contribution in [1.29, 1.82) is 0 Å². The molecule has 0 fully saturated rings. The van der Waals surface area contributed by atoms with E-state index in [1.807, 2.05) is 37.3 Å². The fraction of sp³-hybridized carbons (Fsp3) is 0.211. The molecule has 0 aliphatic rings. The van der Waals surface area contributed by atoms with Gasteiger partial charge >= 0.3 is 5.69 Å². The van der Waals surface area contributed by atoms with Gasteiger partial charge in [0.1, 0.15) is 6.54 Å². The van der Waals surface area contributed by atoms with Crippen molar-refractivity contribution in [2.75, 3.05) is 5.32 Å². The summed E-state index contributed by atoms with van der Waals surface area (Å²) in [6.45, 7) is 4.17. The third kappa shape index (κ3) is 3.07. The number of para-hydroxylation sites is 2. The molecule has 2 aromatic carbocycles. The van der Waals surface area contributed by atoms with Crippen molar-refractivity contribution in [3.63, 3.8) is 0 Å². The van der Waals surface area contributed by atoms with Crippen LogP contribution in [0, 0.1) is 6.92 Å². The second-order valence-corrected chi connectivity index (χ2v) is 6.34. The van der Waals surface area contributed by atoms with E-state index in [0.717, 1.165) is 16.7 Å². The Morgan fingerprint density at radius 2 is 1.82 bits per heavy atom. The molecule has 9 nitrogen and oxygen atoms in total. The Bertz CT molecular complexity index is 1220. The lowest BCUT2D eigenvalue weighted by Gasteiger charge is -2.08. The number of rotatable bonds is 5. The van der Waals surface area contributed by atoms with Gasteiger partial charge in [-0.2, -0.15) is 4.68 Å². The van der Waals surface area contributed by atoms with E-state index in [0.29, 0.717) is 18.1 Å². The van der Waals surface area contributed by atoms with Gasteiger partial charge in [-0.25, -0.2) is 4.79 Å². The maximum Gasteiger partial charge on any atom is 0.329 e. The molecule has 2 heterocycles. The van der Waals surface area contributed by atoms with Crippen molar-refractivity contribution in [3.05, 3.63) is 64.8 Å². The van der Waals surface area contributed by atoms with Gasteiger partial charge in [-0.05, 0) is 54.6 Å². The lowest BCUT2D eigenvalue weighted by Crippen LogP contribution is -2.29. The Morgan fingerprint density at radius 3 is 2.50 bits per heavy atom. The van der Waals surface area contributed by atoms with Crippen molar-refractivity contribution in [2.45, 2.75) is 26.9 Å².